The van der Waals surface area contributed by atoms with Crippen LogP contribution < -0.4 is 10.6 Å². The van der Waals surface area contributed by atoms with Crippen LogP contribution in [0.25, 0.3) is 0 Å². The highest BCUT2D eigenvalue weighted by Gasteiger charge is 2.34. The van der Waals surface area contributed by atoms with Crippen LogP contribution in [0, 0.1) is 6.92 Å². The maximum atomic E-state index is 11.8. The van der Waals surface area contributed by atoms with Crippen LogP contribution >= 0.6 is 0 Å². The molecule has 2 rings (SSSR count). The molecule has 2 N–H and O–H groups in total. The van der Waals surface area contributed by atoms with Crippen molar-refractivity contribution < 1.29 is 9.32 Å². The Morgan fingerprint density at radius 1 is 1.60 bits per heavy atom. The van der Waals surface area contributed by atoms with Crippen LogP contribution in [-0.4, -0.2) is 23.1 Å². The first-order valence-electron chi connectivity index (χ1n) is 4.96. The normalized spacial score (nSPS) is 25.0. The van der Waals surface area contributed by atoms with E-state index in [-0.39, 0.29) is 11.4 Å². The van der Waals surface area contributed by atoms with Crippen molar-refractivity contribution >= 4 is 5.91 Å². The Morgan fingerprint density at radius 3 is 2.87 bits per heavy atom. The van der Waals surface area contributed by atoms with Gasteiger partial charge in [0.25, 0.3) is 0 Å². The topological polar surface area (TPSA) is 67.2 Å². The first-order chi connectivity index (χ1) is 6.98. The predicted octanol–water partition coefficient (Wildman–Crippen LogP) is 0.522. The van der Waals surface area contributed by atoms with Gasteiger partial charge in [-0.2, -0.15) is 0 Å². The van der Waals surface area contributed by atoms with Crippen molar-refractivity contribution in [2.45, 2.75) is 32.4 Å². The van der Waals surface area contributed by atoms with Crippen molar-refractivity contribution in [1.82, 2.24) is 15.8 Å². The molecule has 5 nitrogen and oxygen atoms in total. The summed E-state index contributed by atoms with van der Waals surface area (Å²) in [6.45, 7) is 6.47. The Morgan fingerprint density at radius 2 is 2.33 bits per heavy atom. The molecular formula is C10H15N3O2. The molecule has 0 spiro atoms. The number of amides is 1. The molecule has 1 fully saturated rings. The summed E-state index contributed by atoms with van der Waals surface area (Å²) >= 11 is 0. The third-order valence-corrected chi connectivity index (χ3v) is 2.41. The van der Waals surface area contributed by atoms with E-state index in [0.717, 1.165) is 6.54 Å². The van der Waals surface area contributed by atoms with Crippen molar-refractivity contribution in [3.63, 3.8) is 0 Å². The number of piperazine rings is 1. The minimum absolute atomic E-state index is 0.0560. The smallest absolute Gasteiger partial charge is 0.243 e. The van der Waals surface area contributed by atoms with Gasteiger partial charge in [0.05, 0.1) is 0 Å². The second-order valence-corrected chi connectivity index (χ2v) is 4.55. The summed E-state index contributed by atoms with van der Waals surface area (Å²) in [7, 11) is 0. The number of carbonyl (C=O) groups excluding carboxylic acids is 1. The van der Waals surface area contributed by atoms with E-state index in [1.165, 1.54) is 0 Å². The lowest BCUT2D eigenvalue weighted by atomic mass is 9.99. The van der Waals surface area contributed by atoms with Crippen molar-refractivity contribution in [1.29, 1.82) is 0 Å². The van der Waals surface area contributed by atoms with Crippen LogP contribution in [0.1, 0.15) is 31.3 Å². The molecule has 2 heterocycles. The monoisotopic (exact) mass is 209 g/mol. The molecule has 1 aromatic rings. The van der Waals surface area contributed by atoms with Crippen molar-refractivity contribution in [3.8, 4) is 0 Å². The quantitative estimate of drug-likeness (QED) is 0.707. The number of hydrogen-bond acceptors (Lipinski definition) is 4. The Labute approximate surface area is 88.2 Å². The van der Waals surface area contributed by atoms with Gasteiger partial charge in [0, 0.05) is 18.2 Å². The van der Waals surface area contributed by atoms with Gasteiger partial charge >= 0.3 is 0 Å². The van der Waals surface area contributed by atoms with Crippen molar-refractivity contribution in [3.05, 3.63) is 17.5 Å². The van der Waals surface area contributed by atoms with E-state index >= 15 is 0 Å². The van der Waals surface area contributed by atoms with Gasteiger partial charge in [0.2, 0.25) is 5.91 Å². The van der Waals surface area contributed by atoms with Crippen LogP contribution in [0.3, 0.4) is 0 Å². The van der Waals surface area contributed by atoms with Crippen LogP contribution in [0.2, 0.25) is 0 Å². The van der Waals surface area contributed by atoms with Gasteiger partial charge in [-0.15, -0.1) is 0 Å². The SMILES string of the molecule is Cc1cc(C2NCC(C)(C)NC2=O)no1. The highest BCUT2D eigenvalue weighted by atomic mass is 16.5. The molecule has 1 amide bonds. The van der Waals surface area contributed by atoms with Gasteiger partial charge in [-0.3, -0.25) is 10.1 Å². The summed E-state index contributed by atoms with van der Waals surface area (Å²) in [6.07, 6.45) is 0. The first-order valence-corrected chi connectivity index (χ1v) is 4.96. The van der Waals surface area contributed by atoms with Crippen LogP contribution in [0.15, 0.2) is 10.6 Å². The minimum atomic E-state index is -0.393. The lowest BCUT2D eigenvalue weighted by molar-refractivity contribution is -0.127. The van der Waals surface area contributed by atoms with Gasteiger partial charge in [-0.1, -0.05) is 5.16 Å². The fraction of sp³-hybridized carbons (Fsp3) is 0.600. The highest BCUT2D eigenvalue weighted by molar-refractivity contribution is 5.84. The molecule has 0 aromatic carbocycles. The number of hydrogen-bond donors (Lipinski definition) is 2. The van der Waals surface area contributed by atoms with Crippen molar-refractivity contribution in [2.75, 3.05) is 6.54 Å². The zero-order chi connectivity index (χ0) is 11.1. The molecular weight excluding hydrogens is 194 g/mol. The molecule has 82 valence electrons. The third kappa shape index (κ3) is 2.02. The maximum absolute atomic E-state index is 11.8. The molecule has 1 aromatic heterocycles. The van der Waals surface area contributed by atoms with E-state index in [2.05, 4.69) is 15.8 Å². The Bertz CT molecular complexity index is 384. The minimum Gasteiger partial charge on any atom is -0.361 e. The second-order valence-electron chi connectivity index (χ2n) is 4.55. The van der Waals surface area contributed by atoms with E-state index in [4.69, 9.17) is 4.52 Å². The molecule has 1 atom stereocenters. The summed E-state index contributed by atoms with van der Waals surface area (Å²) in [6, 6.07) is 1.38. The summed E-state index contributed by atoms with van der Waals surface area (Å²) in [4.78, 5) is 11.8. The number of rotatable bonds is 1. The largest absolute Gasteiger partial charge is 0.361 e. The molecule has 15 heavy (non-hydrogen) atoms. The Hall–Kier alpha value is -1.36. The van der Waals surface area contributed by atoms with E-state index in [9.17, 15) is 4.79 Å². The number of nitrogens with one attached hydrogen (secondary N) is 2. The fourth-order valence-corrected chi connectivity index (χ4v) is 1.66. The number of aryl methyl sites for hydroxylation is 1. The van der Waals surface area contributed by atoms with E-state index in [0.29, 0.717) is 11.5 Å². The molecule has 1 aliphatic heterocycles. The maximum Gasteiger partial charge on any atom is 0.243 e. The van der Waals surface area contributed by atoms with Crippen LogP contribution in [0.5, 0.6) is 0 Å². The molecule has 0 bridgehead atoms. The number of aromatic nitrogens is 1. The zero-order valence-electron chi connectivity index (χ0n) is 9.13. The molecule has 0 aliphatic carbocycles. The highest BCUT2D eigenvalue weighted by Crippen LogP contribution is 2.18. The third-order valence-electron chi connectivity index (χ3n) is 2.41. The van der Waals surface area contributed by atoms with E-state index < -0.39 is 6.04 Å². The molecule has 5 heteroatoms. The molecule has 1 unspecified atom stereocenters. The molecule has 1 aliphatic rings. The summed E-state index contributed by atoms with van der Waals surface area (Å²) in [5.74, 6) is 0.656. The number of carbonyl (C=O) groups is 1. The Kier molecular flexibility index (Phi) is 2.26. The van der Waals surface area contributed by atoms with E-state index in [1.54, 1.807) is 13.0 Å². The van der Waals surface area contributed by atoms with Gasteiger partial charge in [-0.25, -0.2) is 0 Å². The number of nitrogens with zero attached hydrogens (tertiary/aromatic N) is 1. The first kappa shape index (κ1) is 10.2. The summed E-state index contributed by atoms with van der Waals surface area (Å²) in [5.41, 5.74) is 0.437. The second kappa shape index (κ2) is 3.34. The predicted molar refractivity (Wildman–Crippen MR) is 54.2 cm³/mol. The zero-order valence-corrected chi connectivity index (χ0v) is 9.13. The van der Waals surface area contributed by atoms with Crippen molar-refractivity contribution in [2.24, 2.45) is 0 Å². The van der Waals surface area contributed by atoms with Crippen LogP contribution in [-0.2, 0) is 4.79 Å². The summed E-state index contributed by atoms with van der Waals surface area (Å²) in [5, 5.41) is 9.92. The average Bonchev–Trinajstić information content (AvgIpc) is 2.50. The van der Waals surface area contributed by atoms with Crippen LogP contribution in [0.4, 0.5) is 0 Å². The molecule has 0 saturated carbocycles. The Balaban J connectivity index is 2.16. The van der Waals surface area contributed by atoms with Gasteiger partial charge in [-0.05, 0) is 20.8 Å². The van der Waals surface area contributed by atoms with E-state index in [1.807, 2.05) is 13.8 Å². The fourth-order valence-electron chi connectivity index (χ4n) is 1.66. The average molecular weight is 209 g/mol. The van der Waals surface area contributed by atoms with Gasteiger partial charge < -0.3 is 9.84 Å². The van der Waals surface area contributed by atoms with Gasteiger partial charge in [0.1, 0.15) is 17.5 Å². The summed E-state index contributed by atoms with van der Waals surface area (Å²) < 4.78 is 4.95. The van der Waals surface area contributed by atoms with Gasteiger partial charge in [0.15, 0.2) is 0 Å². The molecule has 1 saturated heterocycles. The standard InChI is InChI=1S/C10H15N3O2/c1-6-4-7(13-15-6)8-9(14)12-10(2,3)5-11-8/h4,8,11H,5H2,1-3H3,(H,12,14). The molecule has 0 radical (unpaired) electrons. The lowest BCUT2D eigenvalue weighted by Crippen LogP contribution is -2.59. The lowest BCUT2D eigenvalue weighted by Gasteiger charge is -2.35.